The lowest BCUT2D eigenvalue weighted by atomic mass is 10.1. The quantitative estimate of drug-likeness (QED) is 0.882. The lowest BCUT2D eigenvalue weighted by Crippen LogP contribution is -2.53. The molecular weight excluding hydrogens is 304 g/mol. The van der Waals surface area contributed by atoms with Gasteiger partial charge in [-0.25, -0.2) is 0 Å². The summed E-state index contributed by atoms with van der Waals surface area (Å²) >= 11 is 1.85. The van der Waals surface area contributed by atoms with Crippen LogP contribution < -0.4 is 0 Å². The molecule has 1 aliphatic rings. The molecule has 1 N–H and O–H groups in total. The Morgan fingerprint density at radius 2 is 2.00 bits per heavy atom. The lowest BCUT2D eigenvalue weighted by molar-refractivity contribution is 0.0394. The van der Waals surface area contributed by atoms with Gasteiger partial charge in [0.05, 0.1) is 6.10 Å². The van der Waals surface area contributed by atoms with Gasteiger partial charge in [-0.05, 0) is 30.4 Å². The maximum Gasteiger partial charge on any atom is 0.0917 e. The van der Waals surface area contributed by atoms with Gasteiger partial charge in [-0.1, -0.05) is 36.4 Å². The van der Waals surface area contributed by atoms with Gasteiger partial charge in [0.1, 0.15) is 0 Å². The number of hydrogen-bond donors (Lipinski definition) is 1. The first-order valence-corrected chi connectivity index (χ1v) is 9.32. The molecular formula is C19H26N2OS. The van der Waals surface area contributed by atoms with E-state index in [2.05, 4.69) is 34.2 Å². The third-order valence-electron chi connectivity index (χ3n) is 4.70. The first-order chi connectivity index (χ1) is 11.2. The van der Waals surface area contributed by atoms with Crippen molar-refractivity contribution in [2.45, 2.75) is 25.5 Å². The predicted molar refractivity (Wildman–Crippen MR) is 96.9 cm³/mol. The molecule has 0 radical (unpaired) electrons. The summed E-state index contributed by atoms with van der Waals surface area (Å²) in [6, 6.07) is 14.8. The zero-order valence-corrected chi connectivity index (χ0v) is 14.6. The van der Waals surface area contributed by atoms with Gasteiger partial charge < -0.3 is 10.0 Å². The Morgan fingerprint density at radius 1 is 1.17 bits per heavy atom. The number of aliphatic hydroxyl groups is 1. The van der Waals surface area contributed by atoms with Crippen molar-refractivity contribution in [3.8, 4) is 0 Å². The van der Waals surface area contributed by atoms with Crippen molar-refractivity contribution in [2.75, 3.05) is 32.7 Å². The fourth-order valence-corrected chi connectivity index (χ4v) is 3.97. The zero-order valence-electron chi connectivity index (χ0n) is 13.8. The molecule has 2 atom stereocenters. The first kappa shape index (κ1) is 16.7. The minimum Gasteiger partial charge on any atom is -0.387 e. The summed E-state index contributed by atoms with van der Waals surface area (Å²) in [5.41, 5.74) is 1.01. The molecule has 23 heavy (non-hydrogen) atoms. The predicted octanol–water partition coefficient (Wildman–Crippen LogP) is 3.03. The topological polar surface area (TPSA) is 26.7 Å². The number of nitrogens with zero attached hydrogens (tertiary/aromatic N) is 2. The molecule has 0 saturated carbocycles. The summed E-state index contributed by atoms with van der Waals surface area (Å²) in [7, 11) is 0. The van der Waals surface area contributed by atoms with Gasteiger partial charge in [-0.3, -0.25) is 4.90 Å². The molecule has 1 saturated heterocycles. The van der Waals surface area contributed by atoms with E-state index in [1.807, 2.05) is 41.7 Å². The fraction of sp³-hybridized carbons (Fsp3) is 0.474. The minimum atomic E-state index is -0.392. The zero-order chi connectivity index (χ0) is 16.1. The second-order valence-corrected chi connectivity index (χ2v) is 7.43. The highest BCUT2D eigenvalue weighted by atomic mass is 32.1. The summed E-state index contributed by atoms with van der Waals surface area (Å²) < 4.78 is 0. The van der Waals surface area contributed by atoms with E-state index < -0.39 is 6.10 Å². The molecule has 3 rings (SSSR count). The van der Waals surface area contributed by atoms with Crippen LogP contribution in [0.15, 0.2) is 47.8 Å². The standard InChI is InChI=1S/C19H26N2OS/c1-16-14-20(10-9-18-8-5-13-23-18)11-12-21(16)15-19(22)17-6-3-2-4-7-17/h2-8,13,16,19,22H,9-12,14-15H2,1H3/t16-,19-/m1/s1. The van der Waals surface area contributed by atoms with Crippen LogP contribution in [0.5, 0.6) is 0 Å². The Labute approximate surface area is 143 Å². The Morgan fingerprint density at radius 3 is 2.70 bits per heavy atom. The van der Waals surface area contributed by atoms with Gasteiger partial charge in [0, 0.05) is 43.6 Å². The second-order valence-electron chi connectivity index (χ2n) is 6.40. The van der Waals surface area contributed by atoms with Crippen LogP contribution in [0.1, 0.15) is 23.5 Å². The van der Waals surface area contributed by atoms with Crippen molar-refractivity contribution in [2.24, 2.45) is 0 Å². The van der Waals surface area contributed by atoms with E-state index in [4.69, 9.17) is 0 Å². The Balaban J connectivity index is 1.46. The van der Waals surface area contributed by atoms with Crippen LogP contribution in [0.25, 0.3) is 0 Å². The van der Waals surface area contributed by atoms with Gasteiger partial charge in [0.25, 0.3) is 0 Å². The number of benzene rings is 1. The van der Waals surface area contributed by atoms with Crippen molar-refractivity contribution >= 4 is 11.3 Å². The van der Waals surface area contributed by atoms with Crippen molar-refractivity contribution < 1.29 is 5.11 Å². The summed E-state index contributed by atoms with van der Waals surface area (Å²) in [5, 5.41) is 12.6. The van der Waals surface area contributed by atoms with Crippen LogP contribution in [0.4, 0.5) is 0 Å². The van der Waals surface area contributed by atoms with E-state index >= 15 is 0 Å². The molecule has 4 heteroatoms. The molecule has 124 valence electrons. The van der Waals surface area contributed by atoms with Crippen molar-refractivity contribution in [3.05, 3.63) is 58.3 Å². The maximum absolute atomic E-state index is 10.4. The molecule has 3 nitrogen and oxygen atoms in total. The number of thiophene rings is 1. The SMILES string of the molecule is C[C@@H]1CN(CCc2cccs2)CCN1C[C@@H](O)c1ccccc1. The van der Waals surface area contributed by atoms with E-state index in [9.17, 15) is 5.11 Å². The Bertz CT molecular complexity index is 572. The fourth-order valence-electron chi connectivity index (χ4n) is 3.27. The average molecular weight is 330 g/mol. The number of aliphatic hydroxyl groups excluding tert-OH is 1. The molecule has 1 aromatic heterocycles. The Kier molecular flexibility index (Phi) is 5.84. The molecule has 1 aromatic carbocycles. The summed E-state index contributed by atoms with van der Waals surface area (Å²) in [6.07, 6.45) is 0.758. The average Bonchev–Trinajstić information content (AvgIpc) is 3.09. The van der Waals surface area contributed by atoms with Crippen LogP contribution in [-0.2, 0) is 6.42 Å². The molecule has 2 aromatic rings. The van der Waals surface area contributed by atoms with Crippen molar-refractivity contribution in [1.82, 2.24) is 9.80 Å². The summed E-state index contributed by atoms with van der Waals surface area (Å²) in [5.74, 6) is 0. The van der Waals surface area contributed by atoms with E-state index in [0.29, 0.717) is 6.04 Å². The summed E-state index contributed by atoms with van der Waals surface area (Å²) in [6.45, 7) is 7.36. The normalized spacial score (nSPS) is 21.4. The van der Waals surface area contributed by atoms with Crippen LogP contribution in [0, 0.1) is 0 Å². The number of rotatable bonds is 6. The molecule has 0 amide bonds. The number of β-amino-alcohol motifs (C(OH)–C–C–N with tert-alkyl or cyclic N) is 1. The number of hydrogen-bond acceptors (Lipinski definition) is 4. The van der Waals surface area contributed by atoms with Gasteiger partial charge in [-0.2, -0.15) is 0 Å². The van der Waals surface area contributed by atoms with E-state index in [1.165, 1.54) is 4.88 Å². The molecule has 0 unspecified atom stereocenters. The van der Waals surface area contributed by atoms with Gasteiger partial charge in [-0.15, -0.1) is 11.3 Å². The van der Waals surface area contributed by atoms with Crippen molar-refractivity contribution in [1.29, 1.82) is 0 Å². The van der Waals surface area contributed by atoms with E-state index in [1.54, 1.807) is 0 Å². The molecule has 0 bridgehead atoms. The van der Waals surface area contributed by atoms with Crippen LogP contribution in [0.3, 0.4) is 0 Å². The van der Waals surface area contributed by atoms with Gasteiger partial charge in [0.2, 0.25) is 0 Å². The van der Waals surface area contributed by atoms with Crippen LogP contribution in [-0.4, -0.2) is 53.7 Å². The van der Waals surface area contributed by atoms with E-state index in [0.717, 1.165) is 44.7 Å². The highest BCUT2D eigenvalue weighted by molar-refractivity contribution is 7.09. The van der Waals surface area contributed by atoms with Crippen molar-refractivity contribution in [3.63, 3.8) is 0 Å². The highest BCUT2D eigenvalue weighted by Crippen LogP contribution is 2.18. The third-order valence-corrected chi connectivity index (χ3v) is 5.63. The second kappa shape index (κ2) is 8.06. The smallest absolute Gasteiger partial charge is 0.0917 e. The van der Waals surface area contributed by atoms with Crippen LogP contribution in [0.2, 0.25) is 0 Å². The lowest BCUT2D eigenvalue weighted by Gasteiger charge is -2.40. The monoisotopic (exact) mass is 330 g/mol. The molecule has 1 aliphatic heterocycles. The Hall–Kier alpha value is -1.20. The summed E-state index contributed by atoms with van der Waals surface area (Å²) in [4.78, 5) is 6.44. The van der Waals surface area contributed by atoms with Gasteiger partial charge >= 0.3 is 0 Å². The molecule has 0 spiro atoms. The largest absolute Gasteiger partial charge is 0.387 e. The number of piperazine rings is 1. The minimum absolute atomic E-state index is 0.392. The van der Waals surface area contributed by atoms with E-state index in [-0.39, 0.29) is 0 Å². The van der Waals surface area contributed by atoms with Crippen LogP contribution >= 0.6 is 11.3 Å². The van der Waals surface area contributed by atoms with Gasteiger partial charge in [0.15, 0.2) is 0 Å². The molecule has 1 fully saturated rings. The first-order valence-electron chi connectivity index (χ1n) is 8.44. The highest BCUT2D eigenvalue weighted by Gasteiger charge is 2.25. The maximum atomic E-state index is 10.4. The molecule has 2 heterocycles. The molecule has 0 aliphatic carbocycles. The third kappa shape index (κ3) is 4.64.